The summed E-state index contributed by atoms with van der Waals surface area (Å²) in [6, 6.07) is 0. The number of allylic oxidation sites excluding steroid dienone is 2. The van der Waals surface area contributed by atoms with Gasteiger partial charge in [-0.2, -0.15) is 0 Å². The molecule has 2 aliphatic carbocycles. The fourth-order valence-corrected chi connectivity index (χ4v) is 4.56. The average Bonchev–Trinajstić information content (AvgIpc) is 3.34. The molecule has 4 rings (SSSR count). The molecular weight excluding hydrogens is 336 g/mol. The smallest absolute Gasteiger partial charge is 0.233 e. The van der Waals surface area contributed by atoms with Crippen LogP contribution in [0.25, 0.3) is 0 Å². The van der Waals surface area contributed by atoms with E-state index in [4.69, 9.17) is 9.47 Å². The summed E-state index contributed by atoms with van der Waals surface area (Å²) in [4.78, 5) is 30.9. The lowest BCUT2D eigenvalue weighted by Crippen LogP contribution is -2.47. The monoisotopic (exact) mass is 362 g/mol. The van der Waals surface area contributed by atoms with Gasteiger partial charge in [0.25, 0.3) is 0 Å². The predicted octanol–water partition coefficient (Wildman–Crippen LogP) is -0.626. The Labute approximate surface area is 153 Å². The maximum absolute atomic E-state index is 12.6. The molecule has 0 aromatic carbocycles. The Morgan fingerprint density at radius 3 is 2.54 bits per heavy atom. The van der Waals surface area contributed by atoms with Crippen molar-refractivity contribution >= 4 is 17.8 Å². The number of imide groups is 1. The van der Waals surface area contributed by atoms with Crippen molar-refractivity contribution < 1.29 is 19.1 Å². The zero-order valence-corrected chi connectivity index (χ0v) is 15.0. The van der Waals surface area contributed by atoms with Gasteiger partial charge >= 0.3 is 0 Å². The van der Waals surface area contributed by atoms with Crippen LogP contribution < -0.4 is 10.6 Å². The lowest BCUT2D eigenvalue weighted by Gasteiger charge is -2.24. The molecule has 0 aromatic heterocycles. The van der Waals surface area contributed by atoms with E-state index in [0.717, 1.165) is 6.42 Å². The number of rotatable bonds is 5. The molecular formula is C18H26N4O4. The molecule has 8 nitrogen and oxygen atoms in total. The Kier molecular flexibility index (Phi) is 4.95. The highest BCUT2D eigenvalue weighted by molar-refractivity contribution is 6.06. The number of nitrogens with one attached hydrogen (secondary N) is 2. The predicted molar refractivity (Wildman–Crippen MR) is 94.4 cm³/mol. The minimum absolute atomic E-state index is 0.00523. The Balaban J connectivity index is 1.24. The van der Waals surface area contributed by atoms with E-state index in [0.29, 0.717) is 45.4 Å². The summed E-state index contributed by atoms with van der Waals surface area (Å²) in [6.07, 6.45) is 5.19. The van der Waals surface area contributed by atoms with Crippen LogP contribution >= 0.6 is 0 Å². The van der Waals surface area contributed by atoms with Crippen LogP contribution in [0.3, 0.4) is 0 Å². The first-order chi connectivity index (χ1) is 12.7. The number of amides is 2. The van der Waals surface area contributed by atoms with E-state index < -0.39 is 0 Å². The van der Waals surface area contributed by atoms with Gasteiger partial charge in [-0.15, -0.1) is 0 Å². The number of aliphatic imine (C=N–C) groups is 1. The highest BCUT2D eigenvalue weighted by Gasteiger charge is 2.58. The molecule has 8 heteroatoms. The van der Waals surface area contributed by atoms with Gasteiger partial charge < -0.3 is 20.1 Å². The van der Waals surface area contributed by atoms with Crippen LogP contribution in [0.1, 0.15) is 6.42 Å². The van der Waals surface area contributed by atoms with Crippen LogP contribution in [-0.2, 0) is 19.1 Å². The Bertz CT molecular complexity index is 599. The van der Waals surface area contributed by atoms with E-state index in [1.807, 2.05) is 0 Å². The molecule has 142 valence electrons. The van der Waals surface area contributed by atoms with Gasteiger partial charge in [-0.1, -0.05) is 12.2 Å². The lowest BCUT2D eigenvalue weighted by molar-refractivity contribution is -0.140. The van der Waals surface area contributed by atoms with Crippen LogP contribution in [0.5, 0.6) is 0 Å². The summed E-state index contributed by atoms with van der Waals surface area (Å²) in [5.41, 5.74) is 0. The summed E-state index contributed by atoms with van der Waals surface area (Å²) in [6.45, 7) is 3.26. The van der Waals surface area contributed by atoms with Gasteiger partial charge in [-0.05, 0) is 18.3 Å². The highest BCUT2D eigenvalue weighted by atomic mass is 16.6. The number of guanidine groups is 1. The molecule has 4 aliphatic rings. The molecule has 2 amide bonds. The van der Waals surface area contributed by atoms with Crippen molar-refractivity contribution in [2.75, 3.05) is 46.5 Å². The number of carbonyl (C=O) groups is 2. The molecule has 0 spiro atoms. The second-order valence-corrected chi connectivity index (χ2v) is 7.28. The van der Waals surface area contributed by atoms with Gasteiger partial charge in [-0.3, -0.25) is 19.5 Å². The third-order valence-corrected chi connectivity index (χ3v) is 5.80. The molecule has 1 saturated carbocycles. The SMILES string of the molecule is CN=C(NCCN1C(=O)C2C3C=CC(C3)C2C1=O)NCC1COCCO1. The van der Waals surface area contributed by atoms with E-state index >= 15 is 0 Å². The molecule has 2 saturated heterocycles. The van der Waals surface area contributed by atoms with Crippen LogP contribution in [0.4, 0.5) is 0 Å². The van der Waals surface area contributed by atoms with Gasteiger partial charge in [0.05, 0.1) is 37.8 Å². The molecule has 2 aliphatic heterocycles. The summed E-state index contributed by atoms with van der Waals surface area (Å²) in [5.74, 6) is 0.874. The third kappa shape index (κ3) is 3.12. The summed E-state index contributed by atoms with van der Waals surface area (Å²) >= 11 is 0. The second kappa shape index (κ2) is 7.36. The minimum Gasteiger partial charge on any atom is -0.376 e. The third-order valence-electron chi connectivity index (χ3n) is 5.80. The molecule has 0 aromatic rings. The summed E-state index contributed by atoms with van der Waals surface area (Å²) in [5, 5.41) is 6.35. The minimum atomic E-state index is -0.126. The molecule has 2 bridgehead atoms. The fraction of sp³-hybridized carbons (Fsp3) is 0.722. The zero-order valence-electron chi connectivity index (χ0n) is 15.0. The van der Waals surface area contributed by atoms with Crippen molar-refractivity contribution in [2.45, 2.75) is 12.5 Å². The standard InChI is InChI=1S/C18H26N4O4/c1-19-18(21-9-13-10-25-6-7-26-13)20-4-5-22-16(23)14-11-2-3-12(8-11)15(14)17(22)24/h2-3,11-15H,4-10H2,1H3,(H2,19,20,21). The van der Waals surface area contributed by atoms with E-state index in [1.54, 1.807) is 7.05 Å². The Morgan fingerprint density at radius 2 is 1.92 bits per heavy atom. The van der Waals surface area contributed by atoms with Crippen LogP contribution in [0, 0.1) is 23.7 Å². The van der Waals surface area contributed by atoms with E-state index in [2.05, 4.69) is 27.8 Å². The maximum Gasteiger partial charge on any atom is 0.233 e. The first-order valence-electron chi connectivity index (χ1n) is 9.36. The van der Waals surface area contributed by atoms with Crippen molar-refractivity contribution in [3.8, 4) is 0 Å². The number of hydrogen-bond donors (Lipinski definition) is 2. The number of likely N-dealkylation sites (tertiary alicyclic amines) is 1. The van der Waals surface area contributed by atoms with Crippen LogP contribution in [0.2, 0.25) is 0 Å². The van der Waals surface area contributed by atoms with Gasteiger partial charge in [0.1, 0.15) is 0 Å². The average molecular weight is 362 g/mol. The van der Waals surface area contributed by atoms with Crippen LogP contribution in [-0.4, -0.2) is 75.3 Å². The van der Waals surface area contributed by atoms with Crippen molar-refractivity contribution in [3.05, 3.63) is 12.2 Å². The lowest BCUT2D eigenvalue weighted by atomic mass is 9.85. The van der Waals surface area contributed by atoms with Crippen molar-refractivity contribution in [3.63, 3.8) is 0 Å². The summed E-state index contributed by atoms with van der Waals surface area (Å²) in [7, 11) is 1.69. The van der Waals surface area contributed by atoms with Gasteiger partial charge in [0.15, 0.2) is 5.96 Å². The first kappa shape index (κ1) is 17.5. The Hall–Kier alpha value is -1.93. The largest absolute Gasteiger partial charge is 0.376 e. The topological polar surface area (TPSA) is 92.3 Å². The number of nitrogens with zero attached hydrogens (tertiary/aromatic N) is 2. The number of hydrogen-bond acceptors (Lipinski definition) is 5. The molecule has 0 radical (unpaired) electrons. The molecule has 3 fully saturated rings. The quantitative estimate of drug-likeness (QED) is 0.293. The van der Waals surface area contributed by atoms with E-state index in [1.165, 1.54) is 4.90 Å². The molecule has 5 unspecified atom stereocenters. The molecule has 26 heavy (non-hydrogen) atoms. The molecule has 2 N–H and O–H groups in total. The fourth-order valence-electron chi connectivity index (χ4n) is 4.56. The zero-order chi connectivity index (χ0) is 18.1. The highest BCUT2D eigenvalue weighted by Crippen LogP contribution is 2.52. The van der Waals surface area contributed by atoms with Gasteiger partial charge in [0.2, 0.25) is 11.8 Å². The van der Waals surface area contributed by atoms with Crippen molar-refractivity contribution in [1.82, 2.24) is 15.5 Å². The first-order valence-corrected chi connectivity index (χ1v) is 9.36. The second-order valence-electron chi connectivity index (χ2n) is 7.28. The van der Waals surface area contributed by atoms with E-state index in [9.17, 15) is 9.59 Å². The van der Waals surface area contributed by atoms with E-state index in [-0.39, 0.29) is 41.6 Å². The number of ether oxygens (including phenoxy) is 2. The van der Waals surface area contributed by atoms with Crippen molar-refractivity contribution in [1.29, 1.82) is 0 Å². The van der Waals surface area contributed by atoms with Gasteiger partial charge in [0, 0.05) is 26.7 Å². The molecule has 5 atom stereocenters. The van der Waals surface area contributed by atoms with Crippen molar-refractivity contribution in [2.24, 2.45) is 28.7 Å². The Morgan fingerprint density at radius 1 is 1.19 bits per heavy atom. The normalized spacial score (nSPS) is 36.0. The number of fused-ring (bicyclic) bond motifs is 5. The number of carbonyl (C=O) groups excluding carboxylic acids is 2. The summed E-state index contributed by atoms with van der Waals surface area (Å²) < 4.78 is 10.9. The van der Waals surface area contributed by atoms with Gasteiger partial charge in [-0.25, -0.2) is 0 Å². The molecule has 2 heterocycles. The maximum atomic E-state index is 12.6. The van der Waals surface area contributed by atoms with Crippen LogP contribution in [0.15, 0.2) is 17.1 Å².